The molecule has 0 aromatic rings. The summed E-state index contributed by atoms with van der Waals surface area (Å²) in [5, 5.41) is 0. The zero-order valence-corrected chi connectivity index (χ0v) is 9.39. The van der Waals surface area contributed by atoms with Crippen LogP contribution in [0.25, 0.3) is 0 Å². The van der Waals surface area contributed by atoms with E-state index in [1.165, 1.54) is 5.57 Å². The second-order valence-corrected chi connectivity index (χ2v) is 3.43. The minimum absolute atomic E-state index is 0.244. The molecule has 0 heterocycles. The summed E-state index contributed by atoms with van der Waals surface area (Å²) in [5.41, 5.74) is 1.27. The Morgan fingerprint density at radius 1 is 1.08 bits per heavy atom. The largest absolute Gasteiger partial charge is 0.295 e. The van der Waals surface area contributed by atoms with Gasteiger partial charge in [-0.25, -0.2) is 0 Å². The number of rotatable bonds is 6. The highest BCUT2D eigenvalue weighted by Gasteiger charge is 2.11. The summed E-state index contributed by atoms with van der Waals surface area (Å²) < 4.78 is 0. The van der Waals surface area contributed by atoms with Gasteiger partial charge in [-0.2, -0.15) is 0 Å². The predicted octanol–water partition coefficient (Wildman–Crippen LogP) is 3.74. The Kier molecular flexibility index (Phi) is 6.56. The molecular formula is C12H22O. The van der Waals surface area contributed by atoms with E-state index < -0.39 is 0 Å². The molecule has 0 aliphatic carbocycles. The van der Waals surface area contributed by atoms with Gasteiger partial charge in [-0.05, 0) is 31.8 Å². The predicted molar refractivity (Wildman–Crippen MR) is 57.7 cm³/mol. The first-order chi connectivity index (χ1) is 6.19. The molecule has 0 spiro atoms. The molecule has 0 radical (unpaired) electrons. The highest BCUT2D eigenvalue weighted by atomic mass is 16.1. The van der Waals surface area contributed by atoms with Gasteiger partial charge < -0.3 is 0 Å². The van der Waals surface area contributed by atoms with Crippen molar-refractivity contribution in [1.82, 2.24) is 0 Å². The molecule has 13 heavy (non-hydrogen) atoms. The summed E-state index contributed by atoms with van der Waals surface area (Å²) in [5.74, 6) is 0.566. The van der Waals surface area contributed by atoms with Crippen LogP contribution >= 0.6 is 0 Å². The van der Waals surface area contributed by atoms with Crippen molar-refractivity contribution < 1.29 is 4.79 Å². The molecule has 1 heteroatoms. The van der Waals surface area contributed by atoms with E-state index in [4.69, 9.17) is 0 Å². The monoisotopic (exact) mass is 182 g/mol. The lowest BCUT2D eigenvalue weighted by atomic mass is 9.95. The van der Waals surface area contributed by atoms with Crippen LogP contribution in [0.2, 0.25) is 0 Å². The van der Waals surface area contributed by atoms with Crippen LogP contribution in [0.5, 0.6) is 0 Å². The van der Waals surface area contributed by atoms with Crippen LogP contribution in [0.4, 0.5) is 0 Å². The van der Waals surface area contributed by atoms with Crippen LogP contribution in [0.15, 0.2) is 11.6 Å². The fraction of sp³-hybridized carbons (Fsp3) is 0.750. The van der Waals surface area contributed by atoms with Crippen LogP contribution in [0, 0.1) is 5.92 Å². The van der Waals surface area contributed by atoms with Crippen LogP contribution in [-0.2, 0) is 4.79 Å². The van der Waals surface area contributed by atoms with Crippen molar-refractivity contribution in [2.45, 2.75) is 53.4 Å². The van der Waals surface area contributed by atoms with Crippen molar-refractivity contribution >= 4 is 5.78 Å². The number of carbonyl (C=O) groups excluding carboxylic acids is 1. The number of hydrogen-bond acceptors (Lipinski definition) is 1. The van der Waals surface area contributed by atoms with Gasteiger partial charge in [0.25, 0.3) is 0 Å². The van der Waals surface area contributed by atoms with Crippen molar-refractivity contribution in [1.29, 1.82) is 0 Å². The number of allylic oxidation sites excluding steroid dienone is 2. The number of carbonyl (C=O) groups is 1. The Hall–Kier alpha value is -0.590. The van der Waals surface area contributed by atoms with Crippen LogP contribution in [0.3, 0.4) is 0 Å². The van der Waals surface area contributed by atoms with Crippen molar-refractivity contribution in [2.75, 3.05) is 0 Å². The van der Waals surface area contributed by atoms with E-state index in [-0.39, 0.29) is 5.92 Å². The minimum Gasteiger partial charge on any atom is -0.295 e. The van der Waals surface area contributed by atoms with Gasteiger partial charge in [0, 0.05) is 5.92 Å². The SMILES string of the molecule is CCC(=CC(=O)C(CC)CC)CC. The first-order valence-electron chi connectivity index (χ1n) is 5.42. The summed E-state index contributed by atoms with van der Waals surface area (Å²) in [6, 6.07) is 0. The molecule has 0 atom stereocenters. The van der Waals surface area contributed by atoms with E-state index in [1.807, 2.05) is 6.08 Å². The summed E-state index contributed by atoms with van der Waals surface area (Å²) in [7, 11) is 0. The Balaban J connectivity index is 4.32. The zero-order chi connectivity index (χ0) is 10.3. The fourth-order valence-corrected chi connectivity index (χ4v) is 1.46. The van der Waals surface area contributed by atoms with Crippen molar-refractivity contribution in [2.24, 2.45) is 5.92 Å². The molecular weight excluding hydrogens is 160 g/mol. The van der Waals surface area contributed by atoms with E-state index in [9.17, 15) is 4.79 Å². The maximum Gasteiger partial charge on any atom is 0.158 e. The molecule has 0 N–H and O–H groups in total. The summed E-state index contributed by atoms with van der Waals surface area (Å²) in [6.45, 7) is 8.37. The van der Waals surface area contributed by atoms with Crippen LogP contribution in [0.1, 0.15) is 53.4 Å². The zero-order valence-electron chi connectivity index (χ0n) is 9.39. The average Bonchev–Trinajstić information content (AvgIpc) is 2.16. The highest BCUT2D eigenvalue weighted by molar-refractivity contribution is 5.92. The van der Waals surface area contributed by atoms with Crippen LogP contribution < -0.4 is 0 Å². The Bertz CT molecular complexity index is 170. The number of hydrogen-bond donors (Lipinski definition) is 0. The third-order valence-corrected chi connectivity index (χ3v) is 2.64. The van der Waals surface area contributed by atoms with Gasteiger partial charge >= 0.3 is 0 Å². The van der Waals surface area contributed by atoms with Gasteiger partial charge in [0.2, 0.25) is 0 Å². The summed E-state index contributed by atoms with van der Waals surface area (Å²) >= 11 is 0. The maximum atomic E-state index is 11.7. The molecule has 1 nitrogen and oxygen atoms in total. The smallest absolute Gasteiger partial charge is 0.158 e. The van der Waals surface area contributed by atoms with Crippen molar-refractivity contribution in [3.63, 3.8) is 0 Å². The van der Waals surface area contributed by atoms with Crippen LogP contribution in [-0.4, -0.2) is 5.78 Å². The molecule has 0 amide bonds. The third-order valence-electron chi connectivity index (χ3n) is 2.64. The number of ketones is 1. The van der Waals surface area contributed by atoms with Gasteiger partial charge in [0.1, 0.15) is 0 Å². The molecule has 0 fully saturated rings. The summed E-state index contributed by atoms with van der Waals surface area (Å²) in [6.07, 6.45) is 5.79. The standard InChI is InChI=1S/C12H22O/c1-5-10(6-2)9-12(13)11(7-3)8-4/h9,11H,5-8H2,1-4H3. The first kappa shape index (κ1) is 12.4. The van der Waals surface area contributed by atoms with Gasteiger partial charge in [-0.15, -0.1) is 0 Å². The van der Waals surface area contributed by atoms with Gasteiger partial charge in [0.05, 0.1) is 0 Å². The van der Waals surface area contributed by atoms with Gasteiger partial charge in [-0.1, -0.05) is 33.3 Å². The molecule has 76 valence electrons. The van der Waals surface area contributed by atoms with Crippen molar-refractivity contribution in [3.8, 4) is 0 Å². The lowest BCUT2D eigenvalue weighted by molar-refractivity contribution is -0.118. The summed E-state index contributed by atoms with van der Waals surface area (Å²) in [4.78, 5) is 11.7. The second kappa shape index (κ2) is 6.88. The molecule has 0 rings (SSSR count). The molecule has 0 bridgehead atoms. The van der Waals surface area contributed by atoms with E-state index in [0.29, 0.717) is 5.78 Å². The lowest BCUT2D eigenvalue weighted by Gasteiger charge is -2.08. The van der Waals surface area contributed by atoms with E-state index in [0.717, 1.165) is 25.7 Å². The lowest BCUT2D eigenvalue weighted by Crippen LogP contribution is -2.10. The quantitative estimate of drug-likeness (QED) is 0.572. The highest BCUT2D eigenvalue weighted by Crippen LogP contribution is 2.13. The first-order valence-corrected chi connectivity index (χ1v) is 5.42. The van der Waals surface area contributed by atoms with E-state index in [1.54, 1.807) is 0 Å². The van der Waals surface area contributed by atoms with Crippen molar-refractivity contribution in [3.05, 3.63) is 11.6 Å². The maximum absolute atomic E-state index is 11.7. The van der Waals surface area contributed by atoms with Gasteiger partial charge in [-0.3, -0.25) is 4.79 Å². The Morgan fingerprint density at radius 2 is 1.54 bits per heavy atom. The van der Waals surface area contributed by atoms with E-state index >= 15 is 0 Å². The molecule has 0 aliphatic heterocycles. The Labute approximate surface area is 82.2 Å². The molecule has 0 aromatic heterocycles. The topological polar surface area (TPSA) is 17.1 Å². The Morgan fingerprint density at radius 3 is 1.85 bits per heavy atom. The second-order valence-electron chi connectivity index (χ2n) is 3.43. The minimum atomic E-state index is 0.244. The van der Waals surface area contributed by atoms with E-state index in [2.05, 4.69) is 27.7 Å². The molecule has 0 aliphatic rings. The normalized spacial score (nSPS) is 10.2. The molecule has 0 saturated heterocycles. The molecule has 0 aromatic carbocycles. The average molecular weight is 182 g/mol. The fourth-order valence-electron chi connectivity index (χ4n) is 1.46. The molecule has 0 unspecified atom stereocenters. The third kappa shape index (κ3) is 4.25. The van der Waals surface area contributed by atoms with Gasteiger partial charge in [0.15, 0.2) is 5.78 Å². The molecule has 0 saturated carbocycles.